The molecular formula is C18H21NO3. The van der Waals surface area contributed by atoms with Gasteiger partial charge in [0.25, 0.3) is 0 Å². The Labute approximate surface area is 130 Å². The van der Waals surface area contributed by atoms with Crippen molar-refractivity contribution in [2.75, 3.05) is 6.61 Å². The number of benzene rings is 2. The van der Waals surface area contributed by atoms with Crippen LogP contribution in [0, 0.1) is 0 Å². The highest BCUT2D eigenvalue weighted by molar-refractivity contribution is 5.82. The molecule has 4 heteroatoms. The molecule has 0 fully saturated rings. The van der Waals surface area contributed by atoms with Crippen molar-refractivity contribution in [3.05, 3.63) is 65.7 Å². The summed E-state index contributed by atoms with van der Waals surface area (Å²) in [7, 11) is 0. The Morgan fingerprint density at radius 1 is 1.14 bits per heavy atom. The van der Waals surface area contributed by atoms with Crippen LogP contribution in [0.15, 0.2) is 54.6 Å². The van der Waals surface area contributed by atoms with Crippen molar-refractivity contribution >= 4 is 5.97 Å². The highest BCUT2D eigenvalue weighted by Gasteiger charge is 2.32. The molecule has 0 radical (unpaired) electrons. The van der Waals surface area contributed by atoms with Crippen LogP contribution < -0.4 is 10.5 Å². The first-order valence-corrected chi connectivity index (χ1v) is 7.27. The van der Waals surface area contributed by atoms with Crippen LogP contribution >= 0.6 is 0 Å². The quantitative estimate of drug-likeness (QED) is 0.833. The first kappa shape index (κ1) is 16.0. The molecule has 0 saturated carbocycles. The van der Waals surface area contributed by atoms with Gasteiger partial charge in [0.05, 0.1) is 6.61 Å². The molecule has 1 atom stereocenters. The van der Waals surface area contributed by atoms with Crippen molar-refractivity contribution in [1.29, 1.82) is 0 Å². The van der Waals surface area contributed by atoms with Gasteiger partial charge in [0.2, 0.25) is 0 Å². The van der Waals surface area contributed by atoms with E-state index in [1.165, 1.54) is 0 Å². The van der Waals surface area contributed by atoms with Crippen LogP contribution in [-0.2, 0) is 21.7 Å². The lowest BCUT2D eigenvalue weighted by Crippen LogP contribution is -2.43. The van der Waals surface area contributed by atoms with E-state index in [9.17, 15) is 4.79 Å². The van der Waals surface area contributed by atoms with Gasteiger partial charge in [-0.1, -0.05) is 42.5 Å². The minimum absolute atomic E-state index is 0.301. The lowest BCUT2D eigenvalue weighted by Gasteiger charge is -2.23. The molecule has 4 nitrogen and oxygen atoms in total. The second-order valence-corrected chi connectivity index (χ2v) is 5.22. The Morgan fingerprint density at radius 3 is 2.55 bits per heavy atom. The largest absolute Gasteiger partial charge is 0.489 e. The first-order chi connectivity index (χ1) is 10.5. The average Bonchev–Trinajstić information content (AvgIpc) is 2.54. The van der Waals surface area contributed by atoms with E-state index in [1.807, 2.05) is 42.5 Å². The molecule has 0 spiro atoms. The maximum atomic E-state index is 12.0. The highest BCUT2D eigenvalue weighted by Crippen LogP contribution is 2.24. The molecule has 0 aromatic heterocycles. The zero-order chi connectivity index (χ0) is 16.0. The summed E-state index contributed by atoms with van der Waals surface area (Å²) in [6.45, 7) is 4.16. The van der Waals surface area contributed by atoms with Crippen LogP contribution in [-0.4, -0.2) is 12.6 Å². The minimum Gasteiger partial charge on any atom is -0.489 e. The topological polar surface area (TPSA) is 61.5 Å². The maximum absolute atomic E-state index is 12.0. The molecule has 0 aliphatic carbocycles. The van der Waals surface area contributed by atoms with Crippen molar-refractivity contribution in [2.24, 2.45) is 5.73 Å². The Kier molecular flexibility index (Phi) is 5.17. The van der Waals surface area contributed by atoms with E-state index in [0.29, 0.717) is 24.5 Å². The lowest BCUT2D eigenvalue weighted by atomic mass is 9.93. The summed E-state index contributed by atoms with van der Waals surface area (Å²) in [5, 5.41) is 0. The Bertz CT molecular complexity index is 623. The van der Waals surface area contributed by atoms with Gasteiger partial charge in [0, 0.05) is 0 Å². The van der Waals surface area contributed by atoms with Crippen molar-refractivity contribution < 1.29 is 14.3 Å². The number of hydrogen-bond donors (Lipinski definition) is 1. The van der Waals surface area contributed by atoms with Crippen molar-refractivity contribution in [2.45, 2.75) is 26.0 Å². The van der Waals surface area contributed by atoms with Crippen molar-refractivity contribution in [3.63, 3.8) is 0 Å². The van der Waals surface area contributed by atoms with Gasteiger partial charge in [-0.3, -0.25) is 0 Å². The molecule has 0 aliphatic heterocycles. The van der Waals surface area contributed by atoms with Gasteiger partial charge < -0.3 is 15.2 Å². The average molecular weight is 299 g/mol. The fourth-order valence-corrected chi connectivity index (χ4v) is 2.05. The van der Waals surface area contributed by atoms with E-state index in [2.05, 4.69) is 0 Å². The van der Waals surface area contributed by atoms with E-state index >= 15 is 0 Å². The predicted octanol–water partition coefficient (Wildman–Crippen LogP) is 3.00. The molecule has 2 N–H and O–H groups in total. The van der Waals surface area contributed by atoms with E-state index < -0.39 is 11.5 Å². The lowest BCUT2D eigenvalue weighted by molar-refractivity contribution is -0.149. The standard InChI is InChI=1S/C18H21NO3/c1-3-21-17(20)18(2,19)15-10-7-11-16(12-15)22-13-14-8-5-4-6-9-14/h4-12H,3,13,19H2,1-2H3. The number of carbonyl (C=O) groups is 1. The fraction of sp³-hybridized carbons (Fsp3) is 0.278. The molecule has 2 aromatic rings. The van der Waals surface area contributed by atoms with Crippen LogP contribution in [0.4, 0.5) is 0 Å². The van der Waals surface area contributed by atoms with Gasteiger partial charge in [0.1, 0.15) is 17.9 Å². The number of hydrogen-bond acceptors (Lipinski definition) is 4. The van der Waals surface area contributed by atoms with Crippen LogP contribution in [0.3, 0.4) is 0 Å². The molecule has 0 bridgehead atoms. The van der Waals surface area contributed by atoms with E-state index in [-0.39, 0.29) is 0 Å². The van der Waals surface area contributed by atoms with E-state index in [1.54, 1.807) is 26.0 Å². The Balaban J connectivity index is 2.11. The van der Waals surface area contributed by atoms with Crippen molar-refractivity contribution in [1.82, 2.24) is 0 Å². The van der Waals surface area contributed by atoms with Gasteiger partial charge in [-0.2, -0.15) is 0 Å². The molecule has 2 rings (SSSR count). The van der Waals surface area contributed by atoms with Crippen LogP contribution in [0.5, 0.6) is 5.75 Å². The SMILES string of the molecule is CCOC(=O)C(C)(N)c1cccc(OCc2ccccc2)c1. The summed E-state index contributed by atoms with van der Waals surface area (Å²) in [6, 6.07) is 17.1. The molecule has 116 valence electrons. The van der Waals surface area contributed by atoms with Crippen LogP contribution in [0.2, 0.25) is 0 Å². The van der Waals surface area contributed by atoms with Gasteiger partial charge in [-0.25, -0.2) is 4.79 Å². The third-order valence-electron chi connectivity index (χ3n) is 3.38. The predicted molar refractivity (Wildman–Crippen MR) is 85.4 cm³/mol. The summed E-state index contributed by atoms with van der Waals surface area (Å²) in [5.74, 6) is 0.220. The van der Waals surface area contributed by atoms with E-state index in [0.717, 1.165) is 5.56 Å². The zero-order valence-electron chi connectivity index (χ0n) is 12.9. The highest BCUT2D eigenvalue weighted by atomic mass is 16.5. The maximum Gasteiger partial charge on any atom is 0.330 e. The van der Waals surface area contributed by atoms with Crippen LogP contribution in [0.1, 0.15) is 25.0 Å². The fourth-order valence-electron chi connectivity index (χ4n) is 2.05. The number of esters is 1. The summed E-state index contributed by atoms with van der Waals surface area (Å²) in [4.78, 5) is 12.0. The van der Waals surface area contributed by atoms with Gasteiger partial charge in [-0.05, 0) is 37.1 Å². The summed E-state index contributed by atoms with van der Waals surface area (Å²) < 4.78 is 10.8. The number of rotatable bonds is 6. The molecule has 2 aromatic carbocycles. The molecule has 0 saturated heterocycles. The molecule has 22 heavy (non-hydrogen) atoms. The monoisotopic (exact) mass is 299 g/mol. The molecular weight excluding hydrogens is 278 g/mol. The number of ether oxygens (including phenoxy) is 2. The normalized spacial score (nSPS) is 13.2. The molecule has 0 heterocycles. The minimum atomic E-state index is -1.19. The van der Waals surface area contributed by atoms with Gasteiger partial charge in [-0.15, -0.1) is 0 Å². The zero-order valence-corrected chi connectivity index (χ0v) is 12.9. The molecule has 0 aliphatic rings. The smallest absolute Gasteiger partial charge is 0.330 e. The van der Waals surface area contributed by atoms with Crippen molar-refractivity contribution in [3.8, 4) is 5.75 Å². The molecule has 0 amide bonds. The summed E-state index contributed by atoms with van der Waals surface area (Å²) in [5.41, 5.74) is 6.66. The summed E-state index contributed by atoms with van der Waals surface area (Å²) >= 11 is 0. The second kappa shape index (κ2) is 7.09. The first-order valence-electron chi connectivity index (χ1n) is 7.27. The van der Waals surface area contributed by atoms with Gasteiger partial charge in [0.15, 0.2) is 0 Å². The number of nitrogens with two attached hydrogens (primary N) is 1. The second-order valence-electron chi connectivity index (χ2n) is 5.22. The Hall–Kier alpha value is -2.33. The van der Waals surface area contributed by atoms with E-state index in [4.69, 9.17) is 15.2 Å². The Morgan fingerprint density at radius 2 is 1.86 bits per heavy atom. The van der Waals surface area contributed by atoms with Crippen LogP contribution in [0.25, 0.3) is 0 Å². The summed E-state index contributed by atoms with van der Waals surface area (Å²) in [6.07, 6.45) is 0. The van der Waals surface area contributed by atoms with Gasteiger partial charge >= 0.3 is 5.97 Å². The molecule has 1 unspecified atom stereocenters. The third kappa shape index (κ3) is 3.86. The number of carbonyl (C=O) groups excluding carboxylic acids is 1. The third-order valence-corrected chi connectivity index (χ3v) is 3.38.